The molecule has 0 aromatic carbocycles. The van der Waals surface area contributed by atoms with Crippen LogP contribution in [-0.4, -0.2) is 47.1 Å². The van der Waals surface area contributed by atoms with Crippen LogP contribution in [-0.2, 0) is 0 Å². The summed E-state index contributed by atoms with van der Waals surface area (Å²) in [5.41, 5.74) is 1.07. The van der Waals surface area contributed by atoms with Crippen LogP contribution in [0, 0.1) is 18.8 Å². The molecule has 4 heterocycles. The number of anilines is 1. The molecule has 5 rings (SSSR count). The van der Waals surface area contributed by atoms with E-state index in [9.17, 15) is 0 Å². The van der Waals surface area contributed by atoms with Gasteiger partial charge < -0.3 is 4.90 Å². The second kappa shape index (κ2) is 5.56. The van der Waals surface area contributed by atoms with E-state index in [1.807, 2.05) is 0 Å². The number of piperidine rings is 1. The van der Waals surface area contributed by atoms with Crippen molar-refractivity contribution in [3.8, 4) is 0 Å². The molecule has 1 saturated carbocycles. The number of rotatable bonds is 3. The van der Waals surface area contributed by atoms with E-state index >= 15 is 0 Å². The Kier molecular flexibility index (Phi) is 3.57. The molecule has 4 nitrogen and oxygen atoms in total. The van der Waals surface area contributed by atoms with Gasteiger partial charge >= 0.3 is 0 Å². The van der Waals surface area contributed by atoms with Crippen molar-refractivity contribution in [2.24, 2.45) is 11.8 Å². The van der Waals surface area contributed by atoms with E-state index in [0.717, 1.165) is 35.9 Å². The molecule has 4 heteroatoms. The lowest BCUT2D eigenvalue weighted by Gasteiger charge is -2.40. The first kappa shape index (κ1) is 13.5. The molecule has 3 saturated heterocycles. The molecule has 3 aliphatic heterocycles. The van der Waals surface area contributed by atoms with E-state index in [1.54, 1.807) is 6.33 Å². The van der Waals surface area contributed by atoms with Crippen LogP contribution in [0.4, 0.5) is 5.82 Å². The van der Waals surface area contributed by atoms with E-state index in [2.05, 4.69) is 32.8 Å². The Morgan fingerprint density at radius 3 is 2.76 bits per heavy atom. The molecule has 0 radical (unpaired) electrons. The summed E-state index contributed by atoms with van der Waals surface area (Å²) < 4.78 is 0. The van der Waals surface area contributed by atoms with Crippen molar-refractivity contribution >= 4 is 5.82 Å². The van der Waals surface area contributed by atoms with Crippen LogP contribution in [0.2, 0.25) is 0 Å². The van der Waals surface area contributed by atoms with Gasteiger partial charge in [-0.1, -0.05) is 6.42 Å². The molecule has 0 N–H and O–H groups in total. The van der Waals surface area contributed by atoms with Crippen molar-refractivity contribution in [2.75, 3.05) is 31.1 Å². The minimum Gasteiger partial charge on any atom is -0.355 e. The Morgan fingerprint density at radius 1 is 1.10 bits per heavy atom. The van der Waals surface area contributed by atoms with Crippen LogP contribution in [0.15, 0.2) is 12.4 Å². The largest absolute Gasteiger partial charge is 0.355 e. The van der Waals surface area contributed by atoms with Gasteiger partial charge in [0.25, 0.3) is 0 Å². The lowest BCUT2D eigenvalue weighted by atomic mass is 9.83. The highest BCUT2D eigenvalue weighted by Crippen LogP contribution is 2.34. The molecule has 114 valence electrons. The first-order valence-electron chi connectivity index (χ1n) is 8.55. The van der Waals surface area contributed by atoms with Crippen molar-refractivity contribution in [1.29, 1.82) is 0 Å². The third kappa shape index (κ3) is 2.78. The van der Waals surface area contributed by atoms with Crippen LogP contribution >= 0.6 is 0 Å². The van der Waals surface area contributed by atoms with Gasteiger partial charge in [0.2, 0.25) is 0 Å². The number of hydrogen-bond acceptors (Lipinski definition) is 4. The van der Waals surface area contributed by atoms with Crippen molar-refractivity contribution in [3.05, 3.63) is 18.1 Å². The fraction of sp³-hybridized carbons (Fsp3) is 0.765. The summed E-state index contributed by atoms with van der Waals surface area (Å²) in [4.78, 5) is 14.1. The zero-order valence-electron chi connectivity index (χ0n) is 13.0. The summed E-state index contributed by atoms with van der Waals surface area (Å²) in [6, 6.07) is 2.88. The zero-order valence-corrected chi connectivity index (χ0v) is 13.0. The van der Waals surface area contributed by atoms with E-state index < -0.39 is 0 Å². The Labute approximate surface area is 127 Å². The van der Waals surface area contributed by atoms with Gasteiger partial charge in [0.05, 0.1) is 0 Å². The number of nitrogens with zero attached hydrogens (tertiary/aromatic N) is 4. The fourth-order valence-electron chi connectivity index (χ4n) is 4.21. The van der Waals surface area contributed by atoms with Crippen LogP contribution in [0.25, 0.3) is 0 Å². The number of hydrogen-bond donors (Lipinski definition) is 0. The number of aromatic nitrogens is 2. The van der Waals surface area contributed by atoms with E-state index in [0.29, 0.717) is 0 Å². The molecule has 21 heavy (non-hydrogen) atoms. The first-order chi connectivity index (χ1) is 10.3. The van der Waals surface area contributed by atoms with Crippen molar-refractivity contribution in [3.63, 3.8) is 0 Å². The summed E-state index contributed by atoms with van der Waals surface area (Å²) in [7, 11) is 0. The number of fused-ring (bicyclic) bond motifs is 4. The summed E-state index contributed by atoms with van der Waals surface area (Å²) in [6.45, 7) is 7.04. The van der Waals surface area contributed by atoms with Crippen molar-refractivity contribution in [2.45, 2.75) is 45.1 Å². The SMILES string of the molecule is Cc1cc(N2C[C@@H]3CC[C@H](C2)N(CC2CCC2)C3)ncn1. The van der Waals surface area contributed by atoms with Crippen LogP contribution in [0.1, 0.15) is 37.8 Å². The van der Waals surface area contributed by atoms with E-state index in [1.165, 1.54) is 51.7 Å². The summed E-state index contributed by atoms with van der Waals surface area (Å²) in [5, 5.41) is 0. The predicted molar refractivity (Wildman–Crippen MR) is 84.4 cm³/mol. The normalized spacial score (nSPS) is 30.2. The van der Waals surface area contributed by atoms with Crippen molar-refractivity contribution in [1.82, 2.24) is 14.9 Å². The van der Waals surface area contributed by atoms with Crippen LogP contribution < -0.4 is 4.90 Å². The van der Waals surface area contributed by atoms with E-state index in [4.69, 9.17) is 0 Å². The molecule has 2 atom stereocenters. The molecule has 1 aromatic rings. The maximum atomic E-state index is 4.51. The Bertz CT molecular complexity index is 499. The molecular weight excluding hydrogens is 260 g/mol. The molecule has 0 amide bonds. The second-order valence-corrected chi connectivity index (χ2v) is 7.27. The monoisotopic (exact) mass is 286 g/mol. The third-order valence-electron chi connectivity index (χ3n) is 5.66. The van der Waals surface area contributed by atoms with Crippen LogP contribution in [0.3, 0.4) is 0 Å². The zero-order chi connectivity index (χ0) is 14.2. The molecule has 0 spiro atoms. The summed E-state index contributed by atoms with van der Waals surface area (Å²) in [6.07, 6.45) is 8.86. The highest BCUT2D eigenvalue weighted by molar-refractivity contribution is 5.39. The molecule has 0 unspecified atom stereocenters. The fourth-order valence-corrected chi connectivity index (χ4v) is 4.21. The average Bonchev–Trinajstić information content (AvgIpc) is 2.74. The van der Waals surface area contributed by atoms with Gasteiger partial charge in [-0.25, -0.2) is 9.97 Å². The van der Waals surface area contributed by atoms with Gasteiger partial charge in [0, 0.05) is 44.0 Å². The van der Waals surface area contributed by atoms with Gasteiger partial charge in [0.1, 0.15) is 12.1 Å². The second-order valence-electron chi connectivity index (χ2n) is 7.27. The topological polar surface area (TPSA) is 32.3 Å². The lowest BCUT2D eigenvalue weighted by molar-refractivity contribution is 0.0917. The molecular formula is C17H26N4. The minimum atomic E-state index is 0.736. The molecule has 4 fully saturated rings. The Balaban J connectivity index is 1.49. The first-order valence-corrected chi connectivity index (χ1v) is 8.55. The summed E-state index contributed by atoms with van der Waals surface area (Å²) in [5.74, 6) is 2.93. The molecule has 1 aromatic heterocycles. The maximum absolute atomic E-state index is 4.51. The van der Waals surface area contributed by atoms with Gasteiger partial charge in [-0.3, -0.25) is 4.90 Å². The standard InChI is InChI=1S/C17H26N4/c1-13-7-17(19-12-18-13)21-10-15-5-6-16(11-21)20(9-15)8-14-3-2-4-14/h7,12,14-16H,2-6,8-11H2,1H3/t15-,16-/m1/s1. The Hall–Kier alpha value is -1.16. The smallest absolute Gasteiger partial charge is 0.132 e. The van der Waals surface area contributed by atoms with Crippen molar-refractivity contribution < 1.29 is 0 Å². The Morgan fingerprint density at radius 2 is 2.00 bits per heavy atom. The molecule has 2 bridgehead atoms. The van der Waals surface area contributed by atoms with Gasteiger partial charge in [-0.15, -0.1) is 0 Å². The third-order valence-corrected chi connectivity index (χ3v) is 5.66. The number of aryl methyl sites for hydroxylation is 1. The lowest BCUT2D eigenvalue weighted by Crippen LogP contribution is -2.47. The highest BCUT2D eigenvalue weighted by Gasteiger charge is 2.36. The molecule has 4 aliphatic rings. The minimum absolute atomic E-state index is 0.736. The summed E-state index contributed by atoms with van der Waals surface area (Å²) >= 11 is 0. The quantitative estimate of drug-likeness (QED) is 0.854. The predicted octanol–water partition coefficient (Wildman–Crippen LogP) is 2.49. The van der Waals surface area contributed by atoms with Crippen LogP contribution in [0.5, 0.6) is 0 Å². The van der Waals surface area contributed by atoms with Gasteiger partial charge in [0.15, 0.2) is 0 Å². The highest BCUT2D eigenvalue weighted by atomic mass is 15.3. The average molecular weight is 286 g/mol. The van der Waals surface area contributed by atoms with Gasteiger partial charge in [-0.2, -0.15) is 0 Å². The molecule has 1 aliphatic carbocycles. The van der Waals surface area contributed by atoms with Gasteiger partial charge in [-0.05, 0) is 44.4 Å². The van der Waals surface area contributed by atoms with E-state index in [-0.39, 0.29) is 0 Å². The maximum Gasteiger partial charge on any atom is 0.132 e.